The van der Waals surface area contributed by atoms with E-state index in [0.717, 1.165) is 11.8 Å². The molecule has 0 fully saturated rings. The molecule has 0 atom stereocenters. The summed E-state index contributed by atoms with van der Waals surface area (Å²) in [5.41, 5.74) is 0.202. The normalized spacial score (nSPS) is 10.1. The van der Waals surface area contributed by atoms with Gasteiger partial charge in [0.15, 0.2) is 0 Å². The number of aromatic nitrogens is 2. The van der Waals surface area contributed by atoms with E-state index in [-0.39, 0.29) is 11.4 Å². The Morgan fingerprint density at radius 1 is 1.33 bits per heavy atom. The molecule has 0 aliphatic carbocycles. The summed E-state index contributed by atoms with van der Waals surface area (Å²) >= 11 is 1.12. The van der Waals surface area contributed by atoms with Gasteiger partial charge in [-0.2, -0.15) is 0 Å². The van der Waals surface area contributed by atoms with Crippen molar-refractivity contribution in [3.8, 4) is 0 Å². The van der Waals surface area contributed by atoms with Gasteiger partial charge in [0.2, 0.25) is 5.91 Å². The Morgan fingerprint density at radius 2 is 2.14 bits per heavy atom. The van der Waals surface area contributed by atoms with E-state index in [0.29, 0.717) is 10.6 Å². The summed E-state index contributed by atoms with van der Waals surface area (Å²) < 4.78 is 0. The maximum absolute atomic E-state index is 11.6. The van der Waals surface area contributed by atoms with Gasteiger partial charge in [-0.05, 0) is 24.3 Å². The summed E-state index contributed by atoms with van der Waals surface area (Å²) in [7, 11) is 0. The molecular formula is C13H11N3O4S. The van der Waals surface area contributed by atoms with Crippen LogP contribution in [0, 0.1) is 0 Å². The van der Waals surface area contributed by atoms with E-state index in [2.05, 4.69) is 15.3 Å². The van der Waals surface area contributed by atoms with E-state index in [1.54, 1.807) is 24.4 Å². The summed E-state index contributed by atoms with van der Waals surface area (Å²) in [6, 6.07) is 6.17. The second-order valence-electron chi connectivity index (χ2n) is 3.93. The molecule has 2 heterocycles. The van der Waals surface area contributed by atoms with E-state index in [1.807, 2.05) is 0 Å². The van der Waals surface area contributed by atoms with Crippen molar-refractivity contribution in [1.29, 1.82) is 0 Å². The third kappa shape index (κ3) is 4.18. The van der Waals surface area contributed by atoms with Crippen molar-refractivity contribution < 1.29 is 19.5 Å². The average molecular weight is 305 g/mol. The third-order valence-electron chi connectivity index (χ3n) is 2.42. The first-order chi connectivity index (χ1) is 10.1. The highest BCUT2D eigenvalue weighted by Gasteiger charge is 2.12. The number of carbonyl (C=O) groups excluding carboxylic acids is 2. The summed E-state index contributed by atoms with van der Waals surface area (Å²) in [5.74, 6) is -2.11. The van der Waals surface area contributed by atoms with Crippen LogP contribution in [0.2, 0.25) is 0 Å². The number of carboxylic acid groups (broad SMARTS) is 1. The second-order valence-corrected chi connectivity index (χ2v) is 4.98. The van der Waals surface area contributed by atoms with Crippen LogP contribution in [0.5, 0.6) is 0 Å². The van der Waals surface area contributed by atoms with Crippen molar-refractivity contribution in [1.82, 2.24) is 15.3 Å². The first-order valence-corrected chi connectivity index (χ1v) is 6.84. The Hall–Kier alpha value is -2.61. The summed E-state index contributed by atoms with van der Waals surface area (Å²) in [6.45, 7) is 0. The number of pyridine rings is 1. The largest absolute Gasteiger partial charge is 0.477 e. The quantitative estimate of drug-likeness (QED) is 0.715. The predicted molar refractivity (Wildman–Crippen MR) is 75.2 cm³/mol. The number of nitrogens with one attached hydrogen (secondary N) is 2. The first-order valence-electron chi connectivity index (χ1n) is 5.86. The Balaban J connectivity index is 1.88. The lowest BCUT2D eigenvalue weighted by atomic mass is 10.3. The zero-order valence-corrected chi connectivity index (χ0v) is 11.5. The van der Waals surface area contributed by atoms with Crippen LogP contribution in [0.4, 0.5) is 0 Å². The Kier molecular flexibility index (Phi) is 4.72. The Bertz CT molecular complexity index is 670. The molecule has 0 spiro atoms. The Morgan fingerprint density at radius 3 is 2.81 bits per heavy atom. The van der Waals surface area contributed by atoms with Gasteiger partial charge in [0.05, 0.1) is 5.75 Å². The number of nitrogens with zero attached hydrogens (tertiary/aromatic N) is 1. The molecule has 2 amide bonds. The molecule has 2 aromatic rings. The van der Waals surface area contributed by atoms with Crippen LogP contribution in [0.3, 0.4) is 0 Å². The highest BCUT2D eigenvalue weighted by atomic mass is 32.2. The van der Waals surface area contributed by atoms with Crippen molar-refractivity contribution in [2.75, 3.05) is 5.75 Å². The molecule has 7 nitrogen and oxygen atoms in total. The van der Waals surface area contributed by atoms with Crippen molar-refractivity contribution in [2.45, 2.75) is 4.90 Å². The lowest BCUT2D eigenvalue weighted by Crippen LogP contribution is -2.32. The fraction of sp³-hybridized carbons (Fsp3) is 0.0769. The number of amides is 2. The van der Waals surface area contributed by atoms with Crippen LogP contribution >= 0.6 is 11.8 Å². The highest BCUT2D eigenvalue weighted by Crippen LogP contribution is 2.17. The zero-order valence-electron chi connectivity index (χ0n) is 10.7. The molecule has 0 saturated carbocycles. The number of aromatic amines is 1. The van der Waals surface area contributed by atoms with Crippen LogP contribution < -0.4 is 5.32 Å². The molecular weight excluding hydrogens is 294 g/mol. The van der Waals surface area contributed by atoms with Crippen LogP contribution in [0.1, 0.15) is 21.0 Å². The number of H-pyrrole nitrogens is 1. The molecule has 3 N–H and O–H groups in total. The molecule has 0 aliphatic rings. The highest BCUT2D eigenvalue weighted by molar-refractivity contribution is 8.00. The van der Waals surface area contributed by atoms with Gasteiger partial charge in [-0.25, -0.2) is 9.78 Å². The number of thioether (sulfide) groups is 1. The van der Waals surface area contributed by atoms with Gasteiger partial charge in [-0.15, -0.1) is 11.8 Å². The van der Waals surface area contributed by atoms with Crippen molar-refractivity contribution in [3.05, 3.63) is 48.0 Å². The third-order valence-corrected chi connectivity index (χ3v) is 3.41. The molecule has 2 aromatic heterocycles. The van der Waals surface area contributed by atoms with Crippen LogP contribution in [0.15, 0.2) is 41.6 Å². The van der Waals surface area contributed by atoms with E-state index in [4.69, 9.17) is 5.11 Å². The number of hydrogen-bond acceptors (Lipinski definition) is 5. The van der Waals surface area contributed by atoms with Crippen LogP contribution in [-0.2, 0) is 4.79 Å². The topological polar surface area (TPSA) is 112 Å². The molecule has 8 heteroatoms. The monoisotopic (exact) mass is 305 g/mol. The van der Waals surface area contributed by atoms with Gasteiger partial charge < -0.3 is 10.1 Å². The number of rotatable bonds is 5. The fourth-order valence-corrected chi connectivity index (χ4v) is 2.19. The van der Waals surface area contributed by atoms with Crippen molar-refractivity contribution in [2.24, 2.45) is 0 Å². The molecule has 0 radical (unpaired) electrons. The molecule has 0 aromatic carbocycles. The molecule has 21 heavy (non-hydrogen) atoms. The van der Waals surface area contributed by atoms with E-state index >= 15 is 0 Å². The lowest BCUT2D eigenvalue weighted by Gasteiger charge is -2.03. The SMILES string of the molecule is O=C(CSc1ccnc(C(=O)O)c1)NC(=O)c1ccc[nH]1. The van der Waals surface area contributed by atoms with Crippen molar-refractivity contribution in [3.63, 3.8) is 0 Å². The molecule has 108 valence electrons. The second kappa shape index (κ2) is 6.71. The smallest absolute Gasteiger partial charge is 0.354 e. The zero-order chi connectivity index (χ0) is 15.2. The molecule has 0 unspecified atom stereocenters. The standard InChI is InChI=1S/C13H11N3O4S/c17-11(16-12(18)9-2-1-4-14-9)7-21-8-3-5-15-10(6-8)13(19)20/h1-6,14H,7H2,(H,19,20)(H,16,17,18). The van der Waals surface area contributed by atoms with Gasteiger partial charge in [0, 0.05) is 17.3 Å². The maximum Gasteiger partial charge on any atom is 0.354 e. The van der Waals surface area contributed by atoms with Crippen molar-refractivity contribution >= 4 is 29.5 Å². The van der Waals surface area contributed by atoms with Crippen LogP contribution in [-0.4, -0.2) is 38.6 Å². The number of carboxylic acids is 1. The van der Waals surface area contributed by atoms with Gasteiger partial charge in [-0.3, -0.25) is 14.9 Å². The first kappa shape index (κ1) is 14.8. The van der Waals surface area contributed by atoms with Crippen LogP contribution in [0.25, 0.3) is 0 Å². The molecule has 0 saturated heterocycles. The summed E-state index contributed by atoms with van der Waals surface area (Å²) in [5, 5.41) is 11.0. The molecule has 2 rings (SSSR count). The lowest BCUT2D eigenvalue weighted by molar-refractivity contribution is -0.117. The molecule has 0 bridgehead atoms. The maximum atomic E-state index is 11.6. The van der Waals surface area contributed by atoms with E-state index in [9.17, 15) is 14.4 Å². The van der Waals surface area contributed by atoms with E-state index in [1.165, 1.54) is 12.3 Å². The van der Waals surface area contributed by atoms with Gasteiger partial charge >= 0.3 is 5.97 Å². The fourth-order valence-electron chi connectivity index (χ4n) is 1.47. The predicted octanol–water partition coefficient (Wildman–Crippen LogP) is 1.16. The minimum atomic E-state index is -1.14. The van der Waals surface area contributed by atoms with Gasteiger partial charge in [-0.1, -0.05) is 0 Å². The number of hydrogen-bond donors (Lipinski definition) is 3. The summed E-state index contributed by atoms with van der Waals surface area (Å²) in [4.78, 5) is 41.0. The van der Waals surface area contributed by atoms with Gasteiger partial charge in [0.25, 0.3) is 5.91 Å². The molecule has 0 aliphatic heterocycles. The average Bonchev–Trinajstić information content (AvgIpc) is 2.99. The number of carbonyl (C=O) groups is 3. The Labute approximate surface area is 123 Å². The number of imide groups is 1. The minimum absolute atomic E-state index is 0.00444. The van der Waals surface area contributed by atoms with Gasteiger partial charge in [0.1, 0.15) is 11.4 Å². The summed E-state index contributed by atoms with van der Waals surface area (Å²) in [6.07, 6.45) is 2.94. The minimum Gasteiger partial charge on any atom is -0.477 e. The number of aromatic carboxylic acids is 1. The van der Waals surface area contributed by atoms with E-state index < -0.39 is 17.8 Å².